The summed E-state index contributed by atoms with van der Waals surface area (Å²) in [4.78, 5) is 12.4. The number of carbonyl (C=O) groups is 1. The monoisotopic (exact) mass is 293 g/mol. The summed E-state index contributed by atoms with van der Waals surface area (Å²) in [5, 5.41) is 3.33. The van der Waals surface area contributed by atoms with Gasteiger partial charge in [-0.1, -0.05) is 50.1 Å². The fraction of sp³-hybridized carbons (Fsp3) is 0.588. The van der Waals surface area contributed by atoms with Gasteiger partial charge in [-0.05, 0) is 30.7 Å². The minimum atomic E-state index is -0.0476. The predicted molar refractivity (Wildman–Crippen MR) is 84.1 cm³/mol. The average Bonchev–Trinajstić information content (AvgIpc) is 2.48. The molecule has 2 rings (SSSR count). The smallest absolute Gasteiger partial charge is 0.227 e. The van der Waals surface area contributed by atoms with Gasteiger partial charge in [-0.15, -0.1) is 11.6 Å². The van der Waals surface area contributed by atoms with Gasteiger partial charge in [0.25, 0.3) is 0 Å². The highest BCUT2D eigenvalue weighted by Crippen LogP contribution is 2.28. The van der Waals surface area contributed by atoms with Crippen LogP contribution in [0.5, 0.6) is 0 Å². The number of carbonyl (C=O) groups excluding carboxylic acids is 1. The number of hydrogen-bond donors (Lipinski definition) is 1. The van der Waals surface area contributed by atoms with Crippen molar-refractivity contribution in [2.24, 2.45) is 5.92 Å². The Morgan fingerprint density at radius 2 is 2.00 bits per heavy atom. The van der Waals surface area contributed by atoms with Crippen LogP contribution in [0.15, 0.2) is 30.3 Å². The van der Waals surface area contributed by atoms with Gasteiger partial charge in [0.1, 0.15) is 0 Å². The van der Waals surface area contributed by atoms with Gasteiger partial charge in [-0.3, -0.25) is 4.79 Å². The molecule has 1 N–H and O–H groups in total. The zero-order valence-electron chi connectivity index (χ0n) is 12.1. The van der Waals surface area contributed by atoms with Crippen LogP contribution in [-0.4, -0.2) is 17.8 Å². The van der Waals surface area contributed by atoms with Crippen LogP contribution in [-0.2, 0) is 4.79 Å². The summed E-state index contributed by atoms with van der Waals surface area (Å²) in [6, 6.07) is 10.0. The SMILES string of the molecule is CCC(C(=O)NCC1CCCCC1Cl)c1ccccc1. The quantitative estimate of drug-likeness (QED) is 0.814. The first-order valence-corrected chi connectivity index (χ1v) is 8.12. The van der Waals surface area contributed by atoms with Crippen molar-refractivity contribution in [3.63, 3.8) is 0 Å². The normalized spacial score (nSPS) is 24.1. The minimum Gasteiger partial charge on any atom is -0.355 e. The molecule has 1 aliphatic carbocycles. The second kappa shape index (κ2) is 7.68. The molecule has 1 saturated carbocycles. The van der Waals surface area contributed by atoms with Gasteiger partial charge in [0.2, 0.25) is 5.91 Å². The van der Waals surface area contributed by atoms with Crippen molar-refractivity contribution in [2.75, 3.05) is 6.54 Å². The van der Waals surface area contributed by atoms with Gasteiger partial charge in [0.15, 0.2) is 0 Å². The van der Waals surface area contributed by atoms with Crippen LogP contribution in [0.3, 0.4) is 0 Å². The molecule has 0 saturated heterocycles. The maximum atomic E-state index is 12.4. The number of rotatable bonds is 5. The van der Waals surface area contributed by atoms with Gasteiger partial charge >= 0.3 is 0 Å². The summed E-state index contributed by atoms with van der Waals surface area (Å²) >= 11 is 6.35. The van der Waals surface area contributed by atoms with Crippen LogP contribution < -0.4 is 5.32 Å². The fourth-order valence-corrected chi connectivity index (χ4v) is 3.37. The molecular weight excluding hydrogens is 270 g/mol. The molecule has 1 aromatic rings. The maximum Gasteiger partial charge on any atom is 0.227 e. The molecule has 2 nitrogen and oxygen atoms in total. The zero-order valence-corrected chi connectivity index (χ0v) is 12.9. The Kier molecular flexibility index (Phi) is 5.90. The molecule has 0 bridgehead atoms. The lowest BCUT2D eigenvalue weighted by Crippen LogP contribution is -2.37. The predicted octanol–water partition coefficient (Wildman–Crippen LogP) is 4.09. The molecule has 0 aliphatic heterocycles. The molecule has 20 heavy (non-hydrogen) atoms. The Labute approximate surface area is 126 Å². The van der Waals surface area contributed by atoms with E-state index in [1.54, 1.807) is 0 Å². The van der Waals surface area contributed by atoms with Crippen LogP contribution in [0.25, 0.3) is 0 Å². The minimum absolute atomic E-state index is 0.0476. The third-order valence-corrected chi connectivity index (χ3v) is 4.86. The van der Waals surface area contributed by atoms with Crippen molar-refractivity contribution >= 4 is 17.5 Å². The molecule has 0 radical (unpaired) electrons. The Morgan fingerprint density at radius 1 is 1.30 bits per heavy atom. The van der Waals surface area contributed by atoms with Crippen LogP contribution in [0.2, 0.25) is 0 Å². The molecule has 1 fully saturated rings. The summed E-state index contributed by atoms with van der Waals surface area (Å²) < 4.78 is 0. The number of hydrogen-bond acceptors (Lipinski definition) is 1. The molecule has 3 heteroatoms. The third kappa shape index (κ3) is 3.99. The fourth-order valence-electron chi connectivity index (χ4n) is 3.01. The first-order chi connectivity index (χ1) is 9.72. The topological polar surface area (TPSA) is 29.1 Å². The highest BCUT2D eigenvalue weighted by atomic mass is 35.5. The Morgan fingerprint density at radius 3 is 2.65 bits per heavy atom. The van der Waals surface area contributed by atoms with E-state index >= 15 is 0 Å². The number of benzene rings is 1. The van der Waals surface area contributed by atoms with Gasteiger partial charge < -0.3 is 5.32 Å². The molecule has 3 atom stereocenters. The number of alkyl halides is 1. The van der Waals surface area contributed by atoms with E-state index in [0.717, 1.165) is 31.4 Å². The summed E-state index contributed by atoms with van der Waals surface area (Å²) in [6.07, 6.45) is 5.50. The summed E-state index contributed by atoms with van der Waals surface area (Å²) in [5.41, 5.74) is 1.10. The molecule has 1 aromatic carbocycles. The Balaban J connectivity index is 1.89. The molecule has 0 spiro atoms. The van der Waals surface area contributed by atoms with Gasteiger partial charge in [-0.2, -0.15) is 0 Å². The van der Waals surface area contributed by atoms with Gasteiger partial charge in [0, 0.05) is 11.9 Å². The van der Waals surface area contributed by atoms with Crippen LogP contribution >= 0.6 is 11.6 Å². The van der Waals surface area contributed by atoms with E-state index in [-0.39, 0.29) is 17.2 Å². The number of amides is 1. The van der Waals surface area contributed by atoms with E-state index in [4.69, 9.17) is 11.6 Å². The summed E-state index contributed by atoms with van der Waals surface area (Å²) in [6.45, 7) is 2.78. The van der Waals surface area contributed by atoms with E-state index in [0.29, 0.717) is 5.92 Å². The lowest BCUT2D eigenvalue weighted by Gasteiger charge is -2.27. The third-order valence-electron chi connectivity index (χ3n) is 4.28. The first kappa shape index (κ1) is 15.4. The highest BCUT2D eigenvalue weighted by Gasteiger charge is 2.25. The lowest BCUT2D eigenvalue weighted by molar-refractivity contribution is -0.122. The van der Waals surface area contributed by atoms with Gasteiger partial charge in [-0.25, -0.2) is 0 Å². The van der Waals surface area contributed by atoms with Gasteiger partial charge in [0.05, 0.1) is 5.92 Å². The van der Waals surface area contributed by atoms with E-state index in [1.807, 2.05) is 30.3 Å². The molecule has 0 heterocycles. The highest BCUT2D eigenvalue weighted by molar-refractivity contribution is 6.20. The lowest BCUT2D eigenvalue weighted by atomic mass is 9.88. The van der Waals surface area contributed by atoms with E-state index in [9.17, 15) is 4.79 Å². The van der Waals surface area contributed by atoms with Crippen molar-refractivity contribution in [1.82, 2.24) is 5.32 Å². The Hall–Kier alpha value is -1.02. The average molecular weight is 294 g/mol. The van der Waals surface area contributed by atoms with Crippen LogP contribution in [0, 0.1) is 5.92 Å². The first-order valence-electron chi connectivity index (χ1n) is 7.69. The number of nitrogens with one attached hydrogen (secondary N) is 1. The van der Waals surface area contributed by atoms with Crippen molar-refractivity contribution in [3.8, 4) is 0 Å². The molecular formula is C17H24ClNO. The molecule has 1 aliphatic rings. The zero-order chi connectivity index (χ0) is 14.4. The van der Waals surface area contributed by atoms with Crippen molar-refractivity contribution < 1.29 is 4.79 Å². The maximum absolute atomic E-state index is 12.4. The van der Waals surface area contributed by atoms with Crippen molar-refractivity contribution in [1.29, 1.82) is 0 Å². The second-order valence-corrected chi connectivity index (χ2v) is 6.24. The molecule has 0 aromatic heterocycles. The van der Waals surface area contributed by atoms with E-state index in [1.165, 1.54) is 12.8 Å². The standard InChI is InChI=1S/C17H24ClNO/c1-2-15(13-8-4-3-5-9-13)17(20)19-12-14-10-6-7-11-16(14)18/h3-5,8-9,14-16H,2,6-7,10-12H2,1H3,(H,19,20). The number of halogens is 1. The second-order valence-electron chi connectivity index (χ2n) is 5.68. The van der Waals surface area contributed by atoms with Crippen LogP contribution in [0.1, 0.15) is 50.5 Å². The molecule has 1 amide bonds. The van der Waals surface area contributed by atoms with Crippen molar-refractivity contribution in [3.05, 3.63) is 35.9 Å². The van der Waals surface area contributed by atoms with E-state index in [2.05, 4.69) is 12.2 Å². The van der Waals surface area contributed by atoms with Crippen LogP contribution in [0.4, 0.5) is 0 Å². The summed E-state index contributed by atoms with van der Waals surface area (Å²) in [7, 11) is 0. The molecule has 110 valence electrons. The largest absolute Gasteiger partial charge is 0.355 e. The summed E-state index contributed by atoms with van der Waals surface area (Å²) in [5.74, 6) is 0.518. The van der Waals surface area contributed by atoms with Crippen molar-refractivity contribution in [2.45, 2.75) is 50.3 Å². The van der Waals surface area contributed by atoms with E-state index < -0.39 is 0 Å². The molecule has 3 unspecified atom stereocenters. The Bertz CT molecular complexity index is 420.